The molecule has 0 aromatic heterocycles. The van der Waals surface area contributed by atoms with Crippen molar-refractivity contribution < 1.29 is 4.74 Å². The molecule has 0 aromatic carbocycles. The molecule has 5 heteroatoms. The fourth-order valence-electron chi connectivity index (χ4n) is 1.34. The summed E-state index contributed by atoms with van der Waals surface area (Å²) in [6.45, 7) is 1.49. The second-order valence-electron chi connectivity index (χ2n) is 3.03. The molecule has 1 fully saturated rings. The van der Waals surface area contributed by atoms with Gasteiger partial charge in [-0.2, -0.15) is 0 Å². The summed E-state index contributed by atoms with van der Waals surface area (Å²) in [5.74, 6) is 0.859. The third-order valence-corrected chi connectivity index (χ3v) is 3.32. The van der Waals surface area contributed by atoms with E-state index in [1.165, 1.54) is 0 Å². The van der Waals surface area contributed by atoms with E-state index >= 15 is 0 Å². The summed E-state index contributed by atoms with van der Waals surface area (Å²) in [6.07, 6.45) is 0.577. The van der Waals surface area contributed by atoms with Gasteiger partial charge in [0.2, 0.25) is 0 Å². The molecule has 0 N–H and O–H groups in total. The normalized spacial score (nSPS) is 31.0. The number of hydrogen-bond acceptors (Lipinski definition) is 1. The van der Waals surface area contributed by atoms with Gasteiger partial charge in [0.25, 0.3) is 0 Å². The lowest BCUT2D eigenvalue weighted by molar-refractivity contribution is 0.181. The lowest BCUT2D eigenvalue weighted by Gasteiger charge is -2.19. The maximum Gasteiger partial charge on any atom is 0.191 e. The minimum atomic E-state index is -1.14. The Morgan fingerprint density at radius 2 is 1.83 bits per heavy atom. The van der Waals surface area contributed by atoms with Crippen LogP contribution >= 0.6 is 50.7 Å². The van der Waals surface area contributed by atoms with Gasteiger partial charge >= 0.3 is 0 Å². The molecular weight excluding hydrogens is 286 g/mol. The Kier molecular flexibility index (Phi) is 4.46. The number of hydrogen-bond donors (Lipinski definition) is 0. The Balaban J connectivity index is 2.41. The average Bonchev–Trinajstić information content (AvgIpc) is 2.31. The van der Waals surface area contributed by atoms with Crippen molar-refractivity contribution in [3.05, 3.63) is 0 Å². The van der Waals surface area contributed by atoms with Crippen molar-refractivity contribution in [3.63, 3.8) is 0 Å². The second-order valence-corrected chi connectivity index (χ2v) is 6.19. The van der Waals surface area contributed by atoms with Gasteiger partial charge in [-0.1, -0.05) is 50.7 Å². The Morgan fingerprint density at radius 1 is 1.25 bits per heavy atom. The largest absolute Gasteiger partial charge is 0.381 e. The standard InChI is InChI=1S/C7H10BrCl3O/c8-2-6-4-12-3-5(6)1-7(9,10)11/h5-6H,1-4H2. The van der Waals surface area contributed by atoms with Gasteiger partial charge in [-0.15, -0.1) is 0 Å². The predicted molar refractivity (Wildman–Crippen MR) is 56.5 cm³/mol. The number of ether oxygens (including phenoxy) is 1. The van der Waals surface area contributed by atoms with Crippen LogP contribution in [0.15, 0.2) is 0 Å². The topological polar surface area (TPSA) is 9.23 Å². The summed E-state index contributed by atoms with van der Waals surface area (Å²) in [4.78, 5) is 0. The summed E-state index contributed by atoms with van der Waals surface area (Å²) in [5.41, 5.74) is 0. The molecule has 0 saturated carbocycles. The molecule has 0 spiro atoms. The molecule has 2 atom stereocenters. The average molecular weight is 296 g/mol. The fraction of sp³-hybridized carbons (Fsp3) is 1.00. The zero-order valence-corrected chi connectivity index (χ0v) is 10.3. The molecule has 1 nitrogen and oxygen atoms in total. The number of rotatable bonds is 2. The van der Waals surface area contributed by atoms with Crippen molar-refractivity contribution in [2.24, 2.45) is 11.8 Å². The van der Waals surface area contributed by atoms with E-state index in [9.17, 15) is 0 Å². The molecule has 72 valence electrons. The molecule has 0 aliphatic carbocycles. The first-order chi connectivity index (χ1) is 5.53. The highest BCUT2D eigenvalue weighted by Gasteiger charge is 2.34. The van der Waals surface area contributed by atoms with Crippen LogP contribution in [0.1, 0.15) is 6.42 Å². The van der Waals surface area contributed by atoms with Crippen LogP contribution in [-0.4, -0.2) is 22.3 Å². The van der Waals surface area contributed by atoms with Crippen molar-refractivity contribution in [2.75, 3.05) is 18.5 Å². The first-order valence-corrected chi connectivity index (χ1v) is 5.99. The van der Waals surface area contributed by atoms with Gasteiger partial charge in [0.05, 0.1) is 6.61 Å². The lowest BCUT2D eigenvalue weighted by atomic mass is 9.95. The molecule has 1 aliphatic heterocycles. The minimum Gasteiger partial charge on any atom is -0.381 e. The van der Waals surface area contributed by atoms with Gasteiger partial charge in [0.15, 0.2) is 3.79 Å². The van der Waals surface area contributed by atoms with Gasteiger partial charge < -0.3 is 4.74 Å². The van der Waals surface area contributed by atoms with Gasteiger partial charge in [0, 0.05) is 11.9 Å². The quantitative estimate of drug-likeness (QED) is 0.710. The van der Waals surface area contributed by atoms with E-state index in [1.54, 1.807) is 0 Å². The number of halogens is 4. The predicted octanol–water partition coefficient (Wildman–Crippen LogP) is 3.40. The summed E-state index contributed by atoms with van der Waals surface area (Å²) >= 11 is 20.5. The van der Waals surface area contributed by atoms with E-state index in [0.717, 1.165) is 11.9 Å². The van der Waals surface area contributed by atoms with Crippen LogP contribution in [0.25, 0.3) is 0 Å². The molecule has 0 bridgehead atoms. The highest BCUT2D eigenvalue weighted by molar-refractivity contribution is 9.09. The molecule has 0 aromatic rings. The fourth-order valence-corrected chi connectivity index (χ4v) is 2.65. The SMILES string of the molecule is ClC(Cl)(Cl)CC1COCC1CBr. The molecule has 1 rings (SSSR count). The zero-order valence-electron chi connectivity index (χ0n) is 6.40. The number of alkyl halides is 4. The van der Waals surface area contributed by atoms with Gasteiger partial charge in [-0.25, -0.2) is 0 Å². The van der Waals surface area contributed by atoms with Crippen LogP contribution < -0.4 is 0 Å². The Hall–Kier alpha value is 1.31. The third kappa shape index (κ3) is 3.59. The van der Waals surface area contributed by atoms with Crippen LogP contribution in [0.2, 0.25) is 0 Å². The van der Waals surface area contributed by atoms with E-state index < -0.39 is 3.79 Å². The van der Waals surface area contributed by atoms with Crippen molar-refractivity contribution in [2.45, 2.75) is 10.2 Å². The van der Waals surface area contributed by atoms with Crippen molar-refractivity contribution in [1.29, 1.82) is 0 Å². The van der Waals surface area contributed by atoms with E-state index in [1.807, 2.05) is 0 Å². The molecule has 12 heavy (non-hydrogen) atoms. The second kappa shape index (κ2) is 4.70. The summed E-state index contributed by atoms with van der Waals surface area (Å²) < 4.78 is 4.16. The smallest absolute Gasteiger partial charge is 0.191 e. The first kappa shape index (κ1) is 11.4. The summed E-state index contributed by atoms with van der Waals surface area (Å²) in [7, 11) is 0. The van der Waals surface area contributed by atoms with E-state index in [4.69, 9.17) is 39.5 Å². The van der Waals surface area contributed by atoms with Crippen LogP contribution in [0.5, 0.6) is 0 Å². The molecule has 1 saturated heterocycles. The zero-order chi connectivity index (χ0) is 9.19. The monoisotopic (exact) mass is 294 g/mol. The van der Waals surface area contributed by atoms with Crippen molar-refractivity contribution in [1.82, 2.24) is 0 Å². The third-order valence-electron chi connectivity index (χ3n) is 2.02. The molecule has 0 amide bonds. The summed E-state index contributed by atoms with van der Waals surface area (Å²) in [5, 5.41) is 0.915. The summed E-state index contributed by atoms with van der Waals surface area (Å²) in [6, 6.07) is 0. The molecule has 2 unspecified atom stereocenters. The lowest BCUT2D eigenvalue weighted by Crippen LogP contribution is -2.19. The van der Waals surface area contributed by atoms with E-state index in [2.05, 4.69) is 15.9 Å². The maximum atomic E-state index is 5.70. The van der Waals surface area contributed by atoms with E-state index in [-0.39, 0.29) is 0 Å². The highest BCUT2D eigenvalue weighted by Crippen LogP contribution is 2.38. The van der Waals surface area contributed by atoms with Crippen molar-refractivity contribution >= 4 is 50.7 Å². The Bertz CT molecular complexity index is 148. The Labute approximate surface area is 95.8 Å². The van der Waals surface area contributed by atoms with Crippen molar-refractivity contribution in [3.8, 4) is 0 Å². The highest BCUT2D eigenvalue weighted by atomic mass is 79.9. The molecular formula is C7H10BrCl3O. The van der Waals surface area contributed by atoms with Crippen LogP contribution in [-0.2, 0) is 4.74 Å². The van der Waals surface area contributed by atoms with Crippen LogP contribution in [0, 0.1) is 11.8 Å². The van der Waals surface area contributed by atoms with Crippen LogP contribution in [0.4, 0.5) is 0 Å². The first-order valence-electron chi connectivity index (χ1n) is 3.73. The Morgan fingerprint density at radius 3 is 2.33 bits per heavy atom. The molecule has 1 aliphatic rings. The molecule has 0 radical (unpaired) electrons. The van der Waals surface area contributed by atoms with Gasteiger partial charge in [-0.05, 0) is 18.3 Å². The van der Waals surface area contributed by atoms with Gasteiger partial charge in [0.1, 0.15) is 0 Å². The minimum absolute atomic E-state index is 0.372. The maximum absolute atomic E-state index is 5.70. The van der Waals surface area contributed by atoms with Gasteiger partial charge in [-0.3, -0.25) is 0 Å². The molecule has 1 heterocycles. The van der Waals surface area contributed by atoms with E-state index in [0.29, 0.717) is 24.9 Å². The van der Waals surface area contributed by atoms with Crippen LogP contribution in [0.3, 0.4) is 0 Å².